The van der Waals surface area contributed by atoms with Gasteiger partial charge in [0, 0.05) is 22.6 Å². The first-order chi connectivity index (χ1) is 11.0. The summed E-state index contributed by atoms with van der Waals surface area (Å²) < 4.78 is 10.9. The third-order valence-corrected chi connectivity index (χ3v) is 4.36. The van der Waals surface area contributed by atoms with Crippen molar-refractivity contribution in [3.05, 3.63) is 57.6 Å². The average Bonchev–Trinajstić information content (AvgIpc) is 2.54. The van der Waals surface area contributed by atoms with Crippen molar-refractivity contribution in [1.82, 2.24) is 0 Å². The van der Waals surface area contributed by atoms with Crippen molar-refractivity contribution in [3.8, 4) is 11.5 Å². The number of halogens is 1. The fourth-order valence-electron chi connectivity index (χ4n) is 2.94. The molecule has 2 aromatic rings. The summed E-state index contributed by atoms with van der Waals surface area (Å²) in [4.78, 5) is 0. The molecule has 0 fully saturated rings. The highest BCUT2D eigenvalue weighted by molar-refractivity contribution is 6.30. The lowest BCUT2D eigenvalue weighted by molar-refractivity contribution is 0.351. The molecule has 0 aliphatic carbocycles. The van der Waals surface area contributed by atoms with Gasteiger partial charge in [-0.2, -0.15) is 0 Å². The first kappa shape index (κ1) is 17.6. The highest BCUT2D eigenvalue weighted by Crippen LogP contribution is 2.37. The van der Waals surface area contributed by atoms with Crippen molar-refractivity contribution in [2.24, 2.45) is 5.73 Å². The van der Waals surface area contributed by atoms with Crippen LogP contribution in [-0.4, -0.2) is 20.8 Å². The van der Waals surface area contributed by atoms with E-state index in [9.17, 15) is 0 Å². The van der Waals surface area contributed by atoms with Crippen molar-refractivity contribution in [1.29, 1.82) is 0 Å². The molecule has 0 amide bonds. The topological polar surface area (TPSA) is 44.5 Å². The minimum absolute atomic E-state index is 0.201. The highest BCUT2D eigenvalue weighted by Gasteiger charge is 2.19. The van der Waals surface area contributed by atoms with Gasteiger partial charge >= 0.3 is 0 Å². The Labute approximate surface area is 143 Å². The summed E-state index contributed by atoms with van der Waals surface area (Å²) in [5, 5.41) is 0.634. The zero-order valence-corrected chi connectivity index (χ0v) is 14.9. The van der Waals surface area contributed by atoms with Crippen LogP contribution in [0.15, 0.2) is 30.3 Å². The van der Waals surface area contributed by atoms with Gasteiger partial charge in [-0.15, -0.1) is 0 Å². The number of methoxy groups -OCH3 is 2. The van der Waals surface area contributed by atoms with Gasteiger partial charge in [-0.25, -0.2) is 0 Å². The number of benzene rings is 2. The van der Waals surface area contributed by atoms with E-state index in [-0.39, 0.29) is 5.92 Å². The third-order valence-electron chi connectivity index (χ3n) is 4.15. The van der Waals surface area contributed by atoms with Gasteiger partial charge in [0.1, 0.15) is 0 Å². The molecule has 4 heteroatoms. The van der Waals surface area contributed by atoms with Crippen LogP contribution >= 0.6 is 11.6 Å². The SMILES string of the molecule is COc1cc(Cl)cc(CC(CN)c2cc(C)ccc2C)c1OC. The summed E-state index contributed by atoms with van der Waals surface area (Å²) in [6.07, 6.45) is 0.751. The molecule has 0 spiro atoms. The lowest BCUT2D eigenvalue weighted by Crippen LogP contribution is -2.17. The maximum atomic E-state index is 6.22. The second-order valence-electron chi connectivity index (χ2n) is 5.80. The van der Waals surface area contributed by atoms with E-state index in [0.717, 1.165) is 17.7 Å². The zero-order valence-electron chi connectivity index (χ0n) is 14.2. The zero-order chi connectivity index (χ0) is 17.0. The molecular weight excluding hydrogens is 310 g/mol. The van der Waals surface area contributed by atoms with Crippen LogP contribution in [0.4, 0.5) is 0 Å². The molecule has 2 N–H and O–H groups in total. The van der Waals surface area contributed by atoms with Crippen LogP contribution in [0.3, 0.4) is 0 Å². The largest absolute Gasteiger partial charge is 0.493 e. The van der Waals surface area contributed by atoms with Crippen molar-refractivity contribution in [2.45, 2.75) is 26.2 Å². The monoisotopic (exact) mass is 333 g/mol. The summed E-state index contributed by atoms with van der Waals surface area (Å²) in [5.74, 6) is 1.57. The molecule has 0 saturated heterocycles. The van der Waals surface area contributed by atoms with E-state index in [1.807, 2.05) is 6.07 Å². The predicted molar refractivity (Wildman–Crippen MR) is 96.0 cm³/mol. The van der Waals surface area contributed by atoms with Crippen LogP contribution in [0, 0.1) is 13.8 Å². The average molecular weight is 334 g/mol. The molecule has 0 radical (unpaired) electrons. The van der Waals surface area contributed by atoms with E-state index in [4.69, 9.17) is 26.8 Å². The lowest BCUT2D eigenvalue weighted by Gasteiger charge is -2.21. The molecule has 1 atom stereocenters. The second kappa shape index (κ2) is 7.71. The Morgan fingerprint density at radius 1 is 1.09 bits per heavy atom. The fraction of sp³-hybridized carbons (Fsp3) is 0.368. The maximum absolute atomic E-state index is 6.22. The third kappa shape index (κ3) is 3.98. The minimum atomic E-state index is 0.201. The molecule has 23 heavy (non-hydrogen) atoms. The standard InChI is InChI=1S/C19H24ClNO2/c1-12-5-6-13(2)17(7-12)15(11-21)8-14-9-16(20)10-18(22-3)19(14)23-4/h5-7,9-10,15H,8,11,21H2,1-4H3. The quantitative estimate of drug-likeness (QED) is 0.859. The Morgan fingerprint density at radius 3 is 2.43 bits per heavy atom. The number of hydrogen-bond donors (Lipinski definition) is 1. The van der Waals surface area contributed by atoms with Gasteiger partial charge in [0.15, 0.2) is 11.5 Å². The Kier molecular flexibility index (Phi) is 5.91. The summed E-state index contributed by atoms with van der Waals surface area (Å²) in [5.41, 5.74) is 10.8. The van der Waals surface area contributed by atoms with Crippen LogP contribution in [0.1, 0.15) is 28.2 Å². The van der Waals surface area contributed by atoms with Gasteiger partial charge < -0.3 is 15.2 Å². The van der Waals surface area contributed by atoms with Gasteiger partial charge in [-0.3, -0.25) is 0 Å². The van der Waals surface area contributed by atoms with Crippen molar-refractivity contribution >= 4 is 11.6 Å². The van der Waals surface area contributed by atoms with E-state index in [0.29, 0.717) is 17.3 Å². The highest BCUT2D eigenvalue weighted by atomic mass is 35.5. The predicted octanol–water partition coefficient (Wildman–Crippen LogP) is 4.26. The van der Waals surface area contributed by atoms with Crippen molar-refractivity contribution < 1.29 is 9.47 Å². The molecule has 0 aliphatic rings. The number of rotatable bonds is 6. The summed E-state index contributed by atoms with van der Waals surface area (Å²) >= 11 is 6.22. The smallest absolute Gasteiger partial charge is 0.164 e. The molecule has 2 aromatic carbocycles. The van der Waals surface area contributed by atoms with Crippen molar-refractivity contribution in [2.75, 3.05) is 20.8 Å². The number of ether oxygens (including phenoxy) is 2. The Hall–Kier alpha value is -1.71. The molecule has 0 aromatic heterocycles. The van der Waals surface area contributed by atoms with E-state index in [2.05, 4.69) is 32.0 Å². The van der Waals surface area contributed by atoms with Crippen LogP contribution in [0.2, 0.25) is 5.02 Å². The second-order valence-corrected chi connectivity index (χ2v) is 6.23. The van der Waals surface area contributed by atoms with Gasteiger partial charge in [-0.05, 0) is 44.0 Å². The van der Waals surface area contributed by atoms with Crippen molar-refractivity contribution in [3.63, 3.8) is 0 Å². The first-order valence-electron chi connectivity index (χ1n) is 7.67. The normalized spacial score (nSPS) is 12.1. The Bertz CT molecular complexity index is 685. The van der Waals surface area contributed by atoms with Gasteiger partial charge in [0.05, 0.1) is 14.2 Å². The van der Waals surface area contributed by atoms with E-state index in [1.165, 1.54) is 16.7 Å². The molecule has 0 heterocycles. The molecular formula is C19H24ClNO2. The first-order valence-corrected chi connectivity index (χ1v) is 8.05. The minimum Gasteiger partial charge on any atom is -0.493 e. The molecule has 0 aliphatic heterocycles. The van der Waals surface area contributed by atoms with Gasteiger partial charge in [-0.1, -0.05) is 35.4 Å². The molecule has 1 unspecified atom stereocenters. The van der Waals surface area contributed by atoms with E-state index < -0.39 is 0 Å². The van der Waals surface area contributed by atoms with Crippen LogP contribution in [0.25, 0.3) is 0 Å². The van der Waals surface area contributed by atoms with E-state index in [1.54, 1.807) is 20.3 Å². The fourth-order valence-corrected chi connectivity index (χ4v) is 3.17. The summed E-state index contributed by atoms with van der Waals surface area (Å²) in [6.45, 7) is 4.77. The lowest BCUT2D eigenvalue weighted by atomic mass is 9.88. The molecule has 0 bridgehead atoms. The molecule has 124 valence electrons. The molecule has 0 saturated carbocycles. The number of nitrogens with two attached hydrogens (primary N) is 1. The summed E-state index contributed by atoms with van der Waals surface area (Å²) in [6, 6.07) is 10.2. The molecule has 3 nitrogen and oxygen atoms in total. The van der Waals surface area contributed by atoms with Crippen LogP contribution in [-0.2, 0) is 6.42 Å². The van der Waals surface area contributed by atoms with E-state index >= 15 is 0 Å². The van der Waals surface area contributed by atoms with Crippen LogP contribution in [0.5, 0.6) is 11.5 Å². The van der Waals surface area contributed by atoms with Gasteiger partial charge in [0.2, 0.25) is 0 Å². The van der Waals surface area contributed by atoms with Crippen LogP contribution < -0.4 is 15.2 Å². The summed E-state index contributed by atoms with van der Waals surface area (Å²) in [7, 11) is 3.26. The number of aryl methyl sites for hydroxylation is 2. The maximum Gasteiger partial charge on any atom is 0.164 e. The Morgan fingerprint density at radius 2 is 1.83 bits per heavy atom. The Balaban J connectivity index is 2.43. The molecule has 2 rings (SSSR count). The number of hydrogen-bond acceptors (Lipinski definition) is 3. The van der Waals surface area contributed by atoms with Gasteiger partial charge in [0.25, 0.3) is 0 Å².